The molecule has 0 aliphatic carbocycles. The van der Waals surface area contributed by atoms with Crippen LogP contribution in [0.25, 0.3) is 0 Å². The highest BCUT2D eigenvalue weighted by Crippen LogP contribution is 2.11. The van der Waals surface area contributed by atoms with Gasteiger partial charge in [-0.25, -0.2) is 4.79 Å². The number of hydrogen-bond donors (Lipinski definition) is 3. The first-order chi connectivity index (χ1) is 9.58. The van der Waals surface area contributed by atoms with Crippen molar-refractivity contribution in [1.82, 2.24) is 15.1 Å². The van der Waals surface area contributed by atoms with Crippen LogP contribution in [0, 0.1) is 0 Å². The van der Waals surface area contributed by atoms with E-state index in [1.807, 2.05) is 0 Å². The lowest BCUT2D eigenvalue weighted by Crippen LogP contribution is -2.23. The second-order valence-corrected chi connectivity index (χ2v) is 4.06. The second-order valence-electron chi connectivity index (χ2n) is 4.06. The number of carbonyl (C=O) groups is 2. The Morgan fingerprint density at radius 3 is 2.95 bits per heavy atom. The van der Waals surface area contributed by atoms with E-state index < -0.39 is 5.97 Å². The van der Waals surface area contributed by atoms with Crippen LogP contribution in [0.4, 0.5) is 5.69 Å². The van der Waals surface area contributed by atoms with Crippen molar-refractivity contribution in [2.75, 3.05) is 12.4 Å². The van der Waals surface area contributed by atoms with E-state index >= 15 is 0 Å². The molecule has 3 N–H and O–H groups in total. The molecule has 0 radical (unpaired) electrons. The average Bonchev–Trinajstić information content (AvgIpc) is 3.05. The molecule has 20 heavy (non-hydrogen) atoms. The molecule has 0 aliphatic heterocycles. The summed E-state index contributed by atoms with van der Waals surface area (Å²) in [4.78, 5) is 21.9. The molecule has 0 saturated heterocycles. The third-order valence-electron chi connectivity index (χ3n) is 2.59. The van der Waals surface area contributed by atoms with Crippen LogP contribution < -0.4 is 10.6 Å². The van der Waals surface area contributed by atoms with Gasteiger partial charge in [-0.1, -0.05) is 0 Å². The lowest BCUT2D eigenvalue weighted by molar-refractivity contribution is -0.121. The first-order valence-corrected chi connectivity index (χ1v) is 5.86. The quantitative estimate of drug-likeness (QED) is 0.711. The van der Waals surface area contributed by atoms with Gasteiger partial charge in [0.1, 0.15) is 18.6 Å². The van der Waals surface area contributed by atoms with E-state index in [0.29, 0.717) is 18.0 Å². The van der Waals surface area contributed by atoms with E-state index in [9.17, 15) is 9.59 Å². The predicted molar refractivity (Wildman–Crippen MR) is 69.3 cm³/mol. The first-order valence-electron chi connectivity index (χ1n) is 5.86. The predicted octanol–water partition coefficient (Wildman–Crippen LogP) is 0.532. The van der Waals surface area contributed by atoms with Crippen LogP contribution in [0.15, 0.2) is 29.1 Å². The summed E-state index contributed by atoms with van der Waals surface area (Å²) in [5, 5.41) is 18.3. The maximum atomic E-state index is 11.2. The fourth-order valence-electron chi connectivity index (χ4n) is 1.54. The molecule has 0 saturated carbocycles. The van der Waals surface area contributed by atoms with Crippen molar-refractivity contribution >= 4 is 17.6 Å². The largest absolute Gasteiger partial charge is 0.478 e. The minimum absolute atomic E-state index is 0.108. The second kappa shape index (κ2) is 5.91. The van der Waals surface area contributed by atoms with Gasteiger partial charge in [0.05, 0.1) is 24.0 Å². The van der Waals surface area contributed by atoms with Crippen molar-refractivity contribution in [3.05, 3.63) is 36.0 Å². The summed E-state index contributed by atoms with van der Waals surface area (Å²) in [6.45, 7) is 0.473. The van der Waals surface area contributed by atoms with Crippen molar-refractivity contribution in [3.63, 3.8) is 0 Å². The van der Waals surface area contributed by atoms with Crippen LogP contribution >= 0.6 is 0 Å². The first kappa shape index (κ1) is 13.7. The van der Waals surface area contributed by atoms with Crippen molar-refractivity contribution in [1.29, 1.82) is 0 Å². The number of aromatic nitrogens is 2. The Kier molecular flexibility index (Phi) is 4.04. The molecule has 0 aromatic carbocycles. The Morgan fingerprint density at radius 2 is 2.30 bits per heavy atom. The maximum absolute atomic E-state index is 11.2. The normalized spacial score (nSPS) is 10.2. The van der Waals surface area contributed by atoms with E-state index in [2.05, 4.69) is 15.7 Å². The Labute approximate surface area is 114 Å². The molecule has 2 aromatic rings. The summed E-state index contributed by atoms with van der Waals surface area (Å²) in [6, 6.07) is 1.45. The molecule has 2 aromatic heterocycles. The van der Waals surface area contributed by atoms with Gasteiger partial charge in [0.25, 0.3) is 0 Å². The van der Waals surface area contributed by atoms with Gasteiger partial charge in [0.15, 0.2) is 0 Å². The SMILES string of the molecule is CNC(=O)Cn1cc(NCc2cc(C(=O)O)co2)cn1. The van der Waals surface area contributed by atoms with Crippen LogP contribution in [0.5, 0.6) is 0 Å². The number of nitrogens with one attached hydrogen (secondary N) is 2. The van der Waals surface area contributed by atoms with Gasteiger partial charge in [-0.15, -0.1) is 0 Å². The minimum Gasteiger partial charge on any atom is -0.478 e. The molecule has 2 rings (SSSR count). The van der Waals surface area contributed by atoms with Crippen LogP contribution in [-0.2, 0) is 17.9 Å². The summed E-state index contributed by atoms with van der Waals surface area (Å²) in [5.41, 5.74) is 0.819. The van der Waals surface area contributed by atoms with E-state index in [1.165, 1.54) is 17.0 Å². The number of aromatic carboxylic acids is 1. The molecule has 0 atom stereocenters. The van der Waals surface area contributed by atoms with Gasteiger partial charge in [0.2, 0.25) is 5.91 Å². The Bertz CT molecular complexity index is 617. The van der Waals surface area contributed by atoms with E-state index in [4.69, 9.17) is 9.52 Å². The van der Waals surface area contributed by atoms with Gasteiger partial charge >= 0.3 is 5.97 Å². The van der Waals surface area contributed by atoms with Gasteiger partial charge in [-0.3, -0.25) is 9.48 Å². The highest BCUT2D eigenvalue weighted by atomic mass is 16.4. The minimum atomic E-state index is -1.03. The summed E-state index contributed by atoms with van der Waals surface area (Å²) in [7, 11) is 1.56. The average molecular weight is 278 g/mol. The summed E-state index contributed by atoms with van der Waals surface area (Å²) in [6.07, 6.45) is 4.44. The molecular weight excluding hydrogens is 264 g/mol. The lowest BCUT2D eigenvalue weighted by Gasteiger charge is -2.00. The van der Waals surface area contributed by atoms with Gasteiger partial charge < -0.3 is 20.2 Å². The molecule has 0 spiro atoms. The van der Waals surface area contributed by atoms with Crippen molar-refractivity contribution < 1.29 is 19.1 Å². The maximum Gasteiger partial charge on any atom is 0.338 e. The number of likely N-dealkylation sites (N-methyl/N-ethyl adjacent to an activating group) is 1. The molecule has 106 valence electrons. The fraction of sp³-hybridized carbons (Fsp3) is 0.250. The molecule has 0 fully saturated rings. The Hall–Kier alpha value is -2.77. The number of carboxylic acid groups (broad SMARTS) is 1. The number of furan rings is 1. The van der Waals surface area contributed by atoms with Crippen molar-refractivity contribution in [3.8, 4) is 0 Å². The van der Waals surface area contributed by atoms with Crippen LogP contribution in [0.2, 0.25) is 0 Å². The molecule has 0 bridgehead atoms. The molecule has 0 aliphatic rings. The van der Waals surface area contributed by atoms with Gasteiger partial charge in [-0.05, 0) is 6.07 Å². The fourth-order valence-corrected chi connectivity index (χ4v) is 1.54. The highest BCUT2D eigenvalue weighted by Gasteiger charge is 2.08. The molecular formula is C12H14N4O4. The summed E-state index contributed by atoms with van der Waals surface area (Å²) < 4.78 is 6.59. The van der Waals surface area contributed by atoms with E-state index in [0.717, 1.165) is 0 Å². The molecule has 8 heteroatoms. The number of nitrogens with zero attached hydrogens (tertiary/aromatic N) is 2. The zero-order chi connectivity index (χ0) is 14.5. The number of rotatable bonds is 6. The van der Waals surface area contributed by atoms with Gasteiger partial charge in [0, 0.05) is 13.2 Å². The monoisotopic (exact) mass is 278 g/mol. The number of hydrogen-bond acceptors (Lipinski definition) is 5. The number of carbonyl (C=O) groups excluding carboxylic acids is 1. The number of carboxylic acids is 1. The molecule has 2 heterocycles. The van der Waals surface area contributed by atoms with Crippen molar-refractivity contribution in [2.45, 2.75) is 13.1 Å². The van der Waals surface area contributed by atoms with Crippen LogP contribution in [0.1, 0.15) is 16.1 Å². The Morgan fingerprint density at radius 1 is 1.50 bits per heavy atom. The topological polar surface area (TPSA) is 109 Å². The highest BCUT2D eigenvalue weighted by molar-refractivity contribution is 5.87. The zero-order valence-electron chi connectivity index (χ0n) is 10.8. The number of anilines is 1. The third-order valence-corrected chi connectivity index (χ3v) is 2.59. The zero-order valence-corrected chi connectivity index (χ0v) is 10.8. The molecule has 0 unspecified atom stereocenters. The summed E-state index contributed by atoms with van der Waals surface area (Å²) in [5.74, 6) is -0.670. The van der Waals surface area contributed by atoms with Crippen LogP contribution in [0.3, 0.4) is 0 Å². The molecule has 1 amide bonds. The van der Waals surface area contributed by atoms with Gasteiger partial charge in [-0.2, -0.15) is 5.10 Å². The smallest absolute Gasteiger partial charge is 0.338 e. The standard InChI is InChI=1S/C12H14N4O4/c1-13-11(17)6-16-5-9(3-15-16)14-4-10-2-8(7-20-10)12(18)19/h2-3,5,7,14H,4,6H2,1H3,(H,13,17)(H,18,19). The third kappa shape index (κ3) is 3.37. The van der Waals surface area contributed by atoms with Crippen LogP contribution in [-0.4, -0.2) is 33.8 Å². The van der Waals surface area contributed by atoms with Crippen molar-refractivity contribution in [2.24, 2.45) is 0 Å². The molecule has 8 nitrogen and oxygen atoms in total. The lowest BCUT2D eigenvalue weighted by atomic mass is 10.3. The van der Waals surface area contributed by atoms with E-state index in [1.54, 1.807) is 19.4 Å². The van der Waals surface area contributed by atoms with E-state index in [-0.39, 0.29) is 18.0 Å². The summed E-state index contributed by atoms with van der Waals surface area (Å²) >= 11 is 0. The number of amides is 1. The Balaban J connectivity index is 1.90.